The van der Waals surface area contributed by atoms with Crippen molar-refractivity contribution in [1.82, 2.24) is 4.57 Å². The first-order valence-electron chi connectivity index (χ1n) is 8.80. The maximum absolute atomic E-state index is 13.0. The van der Waals surface area contributed by atoms with Crippen LogP contribution in [0.2, 0.25) is 0 Å². The van der Waals surface area contributed by atoms with Gasteiger partial charge in [-0.3, -0.25) is 4.79 Å². The molecular weight excluding hydrogens is 368 g/mol. The molecular formula is C23H18N2O2S. The maximum atomic E-state index is 13.0. The maximum Gasteiger partial charge on any atom is 0.283 e. The Kier molecular flexibility index (Phi) is 4.72. The number of aromatic nitrogens is 1. The highest BCUT2D eigenvalue weighted by molar-refractivity contribution is 7.16. The van der Waals surface area contributed by atoms with Gasteiger partial charge in [0.1, 0.15) is 5.75 Å². The van der Waals surface area contributed by atoms with Crippen LogP contribution in [0.25, 0.3) is 21.0 Å². The average Bonchev–Trinajstić information content (AvgIpc) is 3.03. The summed E-state index contributed by atoms with van der Waals surface area (Å²) in [7, 11) is 1.56. The largest absolute Gasteiger partial charge is 0.496 e. The number of thiazole rings is 1. The van der Waals surface area contributed by atoms with Gasteiger partial charge in [0.15, 0.2) is 4.80 Å². The fourth-order valence-corrected chi connectivity index (χ4v) is 4.34. The minimum atomic E-state index is -0.350. The number of nitrogens with zero attached hydrogens (tertiary/aromatic N) is 2. The number of hydrogen-bond donors (Lipinski definition) is 0. The van der Waals surface area contributed by atoms with E-state index < -0.39 is 0 Å². The molecule has 1 amide bonds. The number of benzene rings is 3. The van der Waals surface area contributed by atoms with Gasteiger partial charge in [-0.15, -0.1) is 6.42 Å². The molecule has 4 nitrogen and oxygen atoms in total. The zero-order chi connectivity index (χ0) is 19.7. The molecule has 0 aliphatic carbocycles. The van der Waals surface area contributed by atoms with Crippen molar-refractivity contribution < 1.29 is 9.53 Å². The molecule has 1 aromatic heterocycles. The number of amides is 1. The first kappa shape index (κ1) is 18.0. The van der Waals surface area contributed by atoms with E-state index in [4.69, 9.17) is 11.2 Å². The standard InChI is InChI=1S/C23H18N2O2S/c1-4-11-25-19-10-9-15(2)12-21(19)28-23(25)24-22(26)18-13-16-7-5-6-8-17(16)14-20(18)27-3/h1,5-10,12-14H,11H2,2-3H3. The van der Waals surface area contributed by atoms with E-state index in [-0.39, 0.29) is 5.91 Å². The van der Waals surface area contributed by atoms with E-state index in [9.17, 15) is 4.79 Å². The number of methoxy groups -OCH3 is 1. The number of carbonyl (C=O) groups excluding carboxylic acids is 1. The van der Waals surface area contributed by atoms with Crippen LogP contribution in [0.5, 0.6) is 5.75 Å². The average molecular weight is 386 g/mol. The predicted molar refractivity (Wildman–Crippen MR) is 114 cm³/mol. The second-order valence-electron chi connectivity index (χ2n) is 6.46. The fraction of sp³-hybridized carbons (Fsp3) is 0.130. The Morgan fingerprint density at radius 1 is 1.18 bits per heavy atom. The Balaban J connectivity index is 1.90. The summed E-state index contributed by atoms with van der Waals surface area (Å²) in [6.07, 6.45) is 5.55. The van der Waals surface area contributed by atoms with Gasteiger partial charge in [-0.25, -0.2) is 0 Å². The molecule has 0 atom stereocenters. The molecule has 5 heteroatoms. The summed E-state index contributed by atoms with van der Waals surface area (Å²) in [5.74, 6) is 2.81. The molecule has 0 fully saturated rings. The van der Waals surface area contributed by atoms with Crippen LogP contribution in [0.15, 0.2) is 59.6 Å². The van der Waals surface area contributed by atoms with Crippen molar-refractivity contribution in [1.29, 1.82) is 0 Å². The molecule has 0 N–H and O–H groups in total. The molecule has 0 radical (unpaired) electrons. The summed E-state index contributed by atoms with van der Waals surface area (Å²) in [5, 5.41) is 1.97. The fourth-order valence-electron chi connectivity index (χ4n) is 3.21. The van der Waals surface area contributed by atoms with Crippen LogP contribution in [-0.4, -0.2) is 17.6 Å². The zero-order valence-corrected chi connectivity index (χ0v) is 16.4. The van der Waals surface area contributed by atoms with Crippen molar-refractivity contribution in [3.63, 3.8) is 0 Å². The summed E-state index contributed by atoms with van der Waals surface area (Å²) in [5.41, 5.74) is 2.56. The lowest BCUT2D eigenvalue weighted by molar-refractivity contribution is 0.0995. The molecule has 0 aliphatic heterocycles. The molecule has 3 aromatic carbocycles. The molecule has 4 rings (SSSR count). The molecule has 138 valence electrons. The number of ether oxygens (including phenoxy) is 1. The molecule has 4 aromatic rings. The number of rotatable bonds is 3. The first-order valence-corrected chi connectivity index (χ1v) is 9.61. The van der Waals surface area contributed by atoms with Crippen molar-refractivity contribution in [2.45, 2.75) is 13.5 Å². The highest BCUT2D eigenvalue weighted by Gasteiger charge is 2.14. The van der Waals surface area contributed by atoms with Crippen molar-refractivity contribution in [3.8, 4) is 18.1 Å². The Morgan fingerprint density at radius 3 is 2.64 bits per heavy atom. The van der Waals surface area contributed by atoms with Crippen LogP contribution >= 0.6 is 11.3 Å². The van der Waals surface area contributed by atoms with Gasteiger partial charge in [-0.2, -0.15) is 4.99 Å². The minimum Gasteiger partial charge on any atom is -0.496 e. The highest BCUT2D eigenvalue weighted by Crippen LogP contribution is 2.27. The third-order valence-corrected chi connectivity index (χ3v) is 5.62. The van der Waals surface area contributed by atoms with Gasteiger partial charge in [0.05, 0.1) is 29.4 Å². The number of terminal acetylenes is 1. The van der Waals surface area contributed by atoms with Crippen LogP contribution in [0.3, 0.4) is 0 Å². The summed E-state index contributed by atoms with van der Waals surface area (Å²) in [6, 6.07) is 17.6. The molecule has 0 saturated carbocycles. The second kappa shape index (κ2) is 7.34. The van der Waals surface area contributed by atoms with Gasteiger partial charge < -0.3 is 9.30 Å². The van der Waals surface area contributed by atoms with Crippen molar-refractivity contribution >= 4 is 38.2 Å². The van der Waals surface area contributed by atoms with Gasteiger partial charge in [-0.1, -0.05) is 47.6 Å². The van der Waals surface area contributed by atoms with Crippen molar-refractivity contribution in [3.05, 3.63) is 70.5 Å². The number of hydrogen-bond acceptors (Lipinski definition) is 3. The summed E-state index contributed by atoms with van der Waals surface area (Å²) in [6.45, 7) is 2.39. The van der Waals surface area contributed by atoms with Crippen LogP contribution in [-0.2, 0) is 6.54 Å². The number of aryl methyl sites for hydroxylation is 1. The van der Waals surface area contributed by atoms with E-state index in [2.05, 4.69) is 17.0 Å². The Hall–Kier alpha value is -3.36. The topological polar surface area (TPSA) is 43.6 Å². The van der Waals surface area contributed by atoms with Crippen LogP contribution in [0.1, 0.15) is 15.9 Å². The van der Waals surface area contributed by atoms with E-state index in [1.165, 1.54) is 11.3 Å². The van der Waals surface area contributed by atoms with Crippen molar-refractivity contribution in [2.24, 2.45) is 4.99 Å². The smallest absolute Gasteiger partial charge is 0.283 e. The highest BCUT2D eigenvalue weighted by atomic mass is 32.1. The molecule has 0 unspecified atom stereocenters. The van der Waals surface area contributed by atoms with Gasteiger partial charge in [0.25, 0.3) is 5.91 Å². The lowest BCUT2D eigenvalue weighted by Gasteiger charge is -2.07. The normalized spacial score (nSPS) is 11.7. The summed E-state index contributed by atoms with van der Waals surface area (Å²) in [4.78, 5) is 18.0. The summed E-state index contributed by atoms with van der Waals surface area (Å²) < 4.78 is 8.39. The molecule has 0 saturated heterocycles. The van der Waals surface area contributed by atoms with E-state index in [0.717, 1.165) is 26.6 Å². The lowest BCUT2D eigenvalue weighted by atomic mass is 10.1. The molecule has 0 spiro atoms. The molecule has 28 heavy (non-hydrogen) atoms. The third-order valence-electron chi connectivity index (χ3n) is 4.58. The molecule has 0 aliphatic rings. The van der Waals surface area contributed by atoms with Gasteiger partial charge in [0.2, 0.25) is 0 Å². The summed E-state index contributed by atoms with van der Waals surface area (Å²) >= 11 is 1.46. The Labute approximate surface area is 166 Å². The van der Waals surface area contributed by atoms with E-state index >= 15 is 0 Å². The lowest BCUT2D eigenvalue weighted by Crippen LogP contribution is -2.16. The van der Waals surface area contributed by atoms with E-state index in [1.807, 2.05) is 60.0 Å². The SMILES string of the molecule is C#CCn1c(=NC(=O)c2cc3ccccc3cc2OC)sc2cc(C)ccc21. The number of fused-ring (bicyclic) bond motifs is 2. The first-order chi connectivity index (χ1) is 13.6. The Morgan fingerprint density at radius 2 is 1.93 bits per heavy atom. The van der Waals surface area contributed by atoms with Gasteiger partial charge in [-0.05, 0) is 47.5 Å². The zero-order valence-electron chi connectivity index (χ0n) is 15.6. The Bertz CT molecular complexity index is 1320. The monoisotopic (exact) mass is 386 g/mol. The van der Waals surface area contributed by atoms with E-state index in [1.54, 1.807) is 7.11 Å². The van der Waals surface area contributed by atoms with Gasteiger partial charge in [0, 0.05) is 0 Å². The van der Waals surface area contributed by atoms with Crippen molar-refractivity contribution in [2.75, 3.05) is 7.11 Å². The second-order valence-corrected chi connectivity index (χ2v) is 7.47. The minimum absolute atomic E-state index is 0.350. The van der Waals surface area contributed by atoms with Crippen LogP contribution in [0.4, 0.5) is 0 Å². The number of carbonyl (C=O) groups is 1. The van der Waals surface area contributed by atoms with Crippen LogP contribution in [0, 0.1) is 19.3 Å². The molecule has 1 heterocycles. The van der Waals surface area contributed by atoms with Crippen LogP contribution < -0.4 is 9.54 Å². The van der Waals surface area contributed by atoms with E-state index in [0.29, 0.717) is 22.7 Å². The third kappa shape index (κ3) is 3.19. The van der Waals surface area contributed by atoms with Gasteiger partial charge >= 0.3 is 0 Å². The predicted octanol–water partition coefficient (Wildman–Crippen LogP) is 4.55. The molecule has 0 bridgehead atoms. The quantitative estimate of drug-likeness (QED) is 0.485.